The van der Waals surface area contributed by atoms with E-state index in [1.54, 1.807) is 18.2 Å². The van der Waals surface area contributed by atoms with Crippen molar-refractivity contribution in [1.29, 1.82) is 0 Å². The Morgan fingerprint density at radius 3 is 2.50 bits per heavy atom. The van der Waals surface area contributed by atoms with Crippen LogP contribution in [0.4, 0.5) is 4.39 Å². The molecule has 4 rings (SSSR count). The van der Waals surface area contributed by atoms with Crippen LogP contribution in [0.25, 0.3) is 11.0 Å². The summed E-state index contributed by atoms with van der Waals surface area (Å²) in [6.45, 7) is 2.20. The van der Waals surface area contributed by atoms with Crippen molar-refractivity contribution < 1.29 is 13.9 Å². The molecule has 0 spiro atoms. The fourth-order valence-corrected chi connectivity index (χ4v) is 4.92. The van der Waals surface area contributed by atoms with Crippen LogP contribution in [0.3, 0.4) is 0 Å². The summed E-state index contributed by atoms with van der Waals surface area (Å²) in [4.78, 5) is 12.6. The quantitative estimate of drug-likeness (QED) is 0.466. The van der Waals surface area contributed by atoms with Gasteiger partial charge in [-0.25, -0.2) is 9.18 Å². The number of fused-ring (bicyclic) bond motifs is 1. The summed E-state index contributed by atoms with van der Waals surface area (Å²) in [5.41, 5.74) is 2.46. The summed E-state index contributed by atoms with van der Waals surface area (Å²) < 4.78 is 18.8. The molecule has 1 aliphatic rings. The van der Waals surface area contributed by atoms with Gasteiger partial charge in [0.1, 0.15) is 17.1 Å². The molecule has 0 unspecified atom stereocenters. The summed E-state index contributed by atoms with van der Waals surface area (Å²) in [7, 11) is 0. The molecular formula is C26H29FO3. The zero-order chi connectivity index (χ0) is 21.1. The number of phenolic OH excluding ortho intramolecular Hbond substituents is 1. The number of unbranched alkanes of at least 4 members (excludes halogenated alkanes) is 1. The number of hydrogen-bond donors (Lipinski definition) is 1. The van der Waals surface area contributed by atoms with Gasteiger partial charge in [-0.2, -0.15) is 0 Å². The molecule has 0 bridgehead atoms. The first kappa shape index (κ1) is 20.6. The normalized spacial score (nSPS) is 16.1. The second kappa shape index (κ2) is 8.63. The second-order valence-corrected chi connectivity index (χ2v) is 8.71. The molecule has 0 aliphatic heterocycles. The molecule has 1 aliphatic carbocycles. The van der Waals surface area contributed by atoms with Crippen LogP contribution in [0.1, 0.15) is 75.0 Å². The Balaban J connectivity index is 1.73. The van der Waals surface area contributed by atoms with Crippen LogP contribution in [0.5, 0.6) is 5.75 Å². The van der Waals surface area contributed by atoms with E-state index in [1.165, 1.54) is 31.4 Å². The molecule has 3 nitrogen and oxygen atoms in total. The average molecular weight is 409 g/mol. The fraction of sp³-hybridized carbons (Fsp3) is 0.423. The standard InChI is InChI=1S/C26H29FO3/c1-2-3-11-26(12-5-4-6-13-26)20-16-23(28)22-15-19(25(29)30-24(22)17-20)14-18-7-9-21(27)10-8-18/h7-10,15-17,28H,2-6,11-14H2,1H3. The van der Waals surface area contributed by atoms with E-state index in [0.29, 0.717) is 23.0 Å². The Labute approximate surface area is 176 Å². The van der Waals surface area contributed by atoms with Crippen molar-refractivity contribution >= 4 is 11.0 Å². The van der Waals surface area contributed by atoms with Crippen LogP contribution in [-0.2, 0) is 11.8 Å². The summed E-state index contributed by atoms with van der Waals surface area (Å²) in [5.74, 6) is -0.151. The fourth-order valence-electron chi connectivity index (χ4n) is 4.92. The maximum absolute atomic E-state index is 13.2. The van der Waals surface area contributed by atoms with E-state index in [1.807, 2.05) is 12.1 Å². The van der Waals surface area contributed by atoms with Gasteiger partial charge < -0.3 is 9.52 Å². The molecule has 1 saturated carbocycles. The Kier molecular flexibility index (Phi) is 5.94. The smallest absolute Gasteiger partial charge is 0.339 e. The van der Waals surface area contributed by atoms with Crippen molar-refractivity contribution in [2.24, 2.45) is 0 Å². The van der Waals surface area contributed by atoms with Crippen molar-refractivity contribution in [3.05, 3.63) is 75.4 Å². The first-order valence-corrected chi connectivity index (χ1v) is 11.1. The van der Waals surface area contributed by atoms with Crippen molar-refractivity contribution in [2.45, 2.75) is 70.1 Å². The van der Waals surface area contributed by atoms with E-state index < -0.39 is 5.63 Å². The Bertz CT molecular complexity index is 1080. The van der Waals surface area contributed by atoms with E-state index in [2.05, 4.69) is 6.92 Å². The van der Waals surface area contributed by atoms with Crippen LogP contribution < -0.4 is 5.63 Å². The van der Waals surface area contributed by atoms with Gasteiger partial charge in [-0.3, -0.25) is 0 Å². The molecule has 30 heavy (non-hydrogen) atoms. The lowest BCUT2D eigenvalue weighted by atomic mass is 9.66. The van der Waals surface area contributed by atoms with E-state index >= 15 is 0 Å². The predicted octanol–water partition coefficient (Wildman–Crippen LogP) is 6.62. The van der Waals surface area contributed by atoms with E-state index in [-0.39, 0.29) is 17.0 Å². The Hall–Kier alpha value is -2.62. The number of rotatable bonds is 6. The summed E-state index contributed by atoms with van der Waals surface area (Å²) >= 11 is 0. The number of hydrogen-bond acceptors (Lipinski definition) is 3. The van der Waals surface area contributed by atoms with Crippen LogP contribution >= 0.6 is 0 Å². The SMILES string of the molecule is CCCCC1(c2cc(O)c3cc(Cc4ccc(F)cc4)c(=O)oc3c2)CCCCC1. The van der Waals surface area contributed by atoms with Gasteiger partial charge in [0.05, 0.1) is 5.39 Å². The molecule has 158 valence electrons. The van der Waals surface area contributed by atoms with E-state index in [9.17, 15) is 14.3 Å². The molecule has 2 aromatic carbocycles. The van der Waals surface area contributed by atoms with E-state index in [0.717, 1.165) is 43.2 Å². The van der Waals surface area contributed by atoms with Crippen LogP contribution in [-0.4, -0.2) is 5.11 Å². The minimum absolute atomic E-state index is 0.0608. The maximum atomic E-state index is 13.2. The summed E-state index contributed by atoms with van der Waals surface area (Å²) in [5, 5.41) is 11.4. The first-order chi connectivity index (χ1) is 14.5. The molecule has 3 aromatic rings. The number of halogens is 1. The lowest BCUT2D eigenvalue weighted by Gasteiger charge is -2.38. The highest BCUT2D eigenvalue weighted by Gasteiger charge is 2.34. The van der Waals surface area contributed by atoms with Crippen molar-refractivity contribution in [1.82, 2.24) is 0 Å². The molecule has 0 amide bonds. The van der Waals surface area contributed by atoms with Crippen LogP contribution in [0.15, 0.2) is 51.7 Å². The second-order valence-electron chi connectivity index (χ2n) is 8.71. The van der Waals surface area contributed by atoms with Gasteiger partial charge in [-0.15, -0.1) is 0 Å². The zero-order valence-electron chi connectivity index (χ0n) is 17.5. The Morgan fingerprint density at radius 1 is 1.07 bits per heavy atom. The highest BCUT2D eigenvalue weighted by Crippen LogP contribution is 2.45. The third-order valence-electron chi connectivity index (χ3n) is 6.64. The van der Waals surface area contributed by atoms with Crippen molar-refractivity contribution in [3.8, 4) is 5.75 Å². The van der Waals surface area contributed by atoms with Gasteiger partial charge in [0.15, 0.2) is 0 Å². The van der Waals surface area contributed by atoms with Gasteiger partial charge in [-0.1, -0.05) is 51.2 Å². The number of aromatic hydroxyl groups is 1. The minimum atomic E-state index is -0.408. The number of phenols is 1. The third-order valence-corrected chi connectivity index (χ3v) is 6.64. The molecule has 1 aromatic heterocycles. The molecule has 1 heterocycles. The van der Waals surface area contributed by atoms with E-state index in [4.69, 9.17) is 4.42 Å². The Morgan fingerprint density at radius 2 is 1.80 bits per heavy atom. The monoisotopic (exact) mass is 408 g/mol. The molecule has 4 heteroatoms. The van der Waals surface area contributed by atoms with Crippen LogP contribution in [0, 0.1) is 5.82 Å². The lowest BCUT2D eigenvalue weighted by molar-refractivity contribution is 0.266. The zero-order valence-corrected chi connectivity index (χ0v) is 17.5. The molecule has 0 radical (unpaired) electrons. The average Bonchev–Trinajstić information content (AvgIpc) is 2.75. The lowest BCUT2D eigenvalue weighted by Crippen LogP contribution is -2.29. The molecule has 1 N–H and O–H groups in total. The van der Waals surface area contributed by atoms with Gasteiger partial charge in [-0.05, 0) is 66.1 Å². The highest BCUT2D eigenvalue weighted by atomic mass is 19.1. The molecular weight excluding hydrogens is 379 g/mol. The first-order valence-electron chi connectivity index (χ1n) is 11.1. The van der Waals surface area contributed by atoms with Gasteiger partial charge in [0.25, 0.3) is 0 Å². The maximum Gasteiger partial charge on any atom is 0.339 e. The van der Waals surface area contributed by atoms with Crippen molar-refractivity contribution in [3.63, 3.8) is 0 Å². The molecule has 0 saturated heterocycles. The van der Waals surface area contributed by atoms with Gasteiger partial charge in [0, 0.05) is 12.0 Å². The molecule has 0 atom stereocenters. The topological polar surface area (TPSA) is 50.4 Å². The van der Waals surface area contributed by atoms with Crippen LogP contribution in [0.2, 0.25) is 0 Å². The van der Waals surface area contributed by atoms with Gasteiger partial charge in [0.2, 0.25) is 0 Å². The largest absolute Gasteiger partial charge is 0.507 e. The van der Waals surface area contributed by atoms with Crippen molar-refractivity contribution in [2.75, 3.05) is 0 Å². The van der Waals surface area contributed by atoms with Gasteiger partial charge >= 0.3 is 5.63 Å². The highest BCUT2D eigenvalue weighted by molar-refractivity contribution is 5.84. The molecule has 1 fully saturated rings. The number of benzene rings is 2. The predicted molar refractivity (Wildman–Crippen MR) is 118 cm³/mol. The third kappa shape index (κ3) is 4.14. The minimum Gasteiger partial charge on any atom is -0.507 e. The summed E-state index contributed by atoms with van der Waals surface area (Å²) in [6, 6.07) is 11.6. The summed E-state index contributed by atoms with van der Waals surface area (Å²) in [6.07, 6.45) is 9.61.